The molecular weight excluding hydrogens is 486 g/mol. The van der Waals surface area contributed by atoms with E-state index in [9.17, 15) is 19.2 Å². The van der Waals surface area contributed by atoms with Gasteiger partial charge in [0.15, 0.2) is 11.5 Å². The molecule has 13 heteroatoms. The summed E-state index contributed by atoms with van der Waals surface area (Å²) in [4.78, 5) is 48.5. The van der Waals surface area contributed by atoms with Crippen molar-refractivity contribution < 1.29 is 38.1 Å². The fraction of sp³-hybridized carbons (Fsp3) is 0.524. The van der Waals surface area contributed by atoms with E-state index >= 15 is 0 Å². The van der Waals surface area contributed by atoms with E-state index in [1.54, 1.807) is 32.9 Å². The van der Waals surface area contributed by atoms with Crippen molar-refractivity contribution in [3.05, 3.63) is 23.8 Å². The van der Waals surface area contributed by atoms with Crippen LogP contribution in [-0.2, 0) is 30.3 Å². The SMILES string of the molecule is CNC(S)C(=O)Oc1c(CC(N)C(=O)OC)cccc1OC(=O)CN(C)SC(=O)OC(C)(C)C. The molecule has 0 radical (unpaired) electrons. The molecule has 2 unspecified atom stereocenters. The molecule has 3 N–H and O–H groups in total. The summed E-state index contributed by atoms with van der Waals surface area (Å²) < 4.78 is 22.0. The van der Waals surface area contributed by atoms with Crippen LogP contribution in [0.15, 0.2) is 18.2 Å². The molecule has 1 aromatic rings. The molecule has 0 aliphatic rings. The Kier molecular flexibility index (Phi) is 11.8. The lowest BCUT2D eigenvalue weighted by atomic mass is 10.0. The third kappa shape index (κ3) is 10.3. The first-order chi connectivity index (χ1) is 15.8. The van der Waals surface area contributed by atoms with Crippen molar-refractivity contribution in [2.75, 3.05) is 27.7 Å². The van der Waals surface area contributed by atoms with Gasteiger partial charge in [0.05, 0.1) is 7.11 Å². The minimum Gasteiger partial charge on any atom is -0.468 e. The van der Waals surface area contributed by atoms with E-state index in [-0.39, 0.29) is 24.5 Å². The average Bonchev–Trinajstić information content (AvgIpc) is 2.72. The Balaban J connectivity index is 3.05. The molecule has 190 valence electrons. The third-order valence-electron chi connectivity index (χ3n) is 3.90. The van der Waals surface area contributed by atoms with Crippen LogP contribution < -0.4 is 20.5 Å². The van der Waals surface area contributed by atoms with Gasteiger partial charge in [-0.2, -0.15) is 0 Å². The number of para-hydroxylation sites is 1. The summed E-state index contributed by atoms with van der Waals surface area (Å²) in [6.07, 6.45) is -0.0497. The highest BCUT2D eigenvalue weighted by molar-refractivity contribution is 8.11. The van der Waals surface area contributed by atoms with Crippen LogP contribution in [0.3, 0.4) is 0 Å². The van der Waals surface area contributed by atoms with Crippen LogP contribution in [0, 0.1) is 0 Å². The zero-order chi connectivity index (χ0) is 26.1. The third-order valence-corrected chi connectivity index (χ3v) is 5.04. The number of rotatable bonds is 10. The highest BCUT2D eigenvalue weighted by Gasteiger charge is 2.25. The maximum atomic E-state index is 12.5. The van der Waals surface area contributed by atoms with Gasteiger partial charge in [0.25, 0.3) is 0 Å². The largest absolute Gasteiger partial charge is 0.468 e. The predicted molar refractivity (Wildman–Crippen MR) is 130 cm³/mol. The van der Waals surface area contributed by atoms with Crippen LogP contribution >= 0.6 is 24.6 Å². The number of hydrogen-bond acceptors (Lipinski definition) is 13. The van der Waals surface area contributed by atoms with E-state index in [0.29, 0.717) is 17.5 Å². The molecule has 0 aliphatic heterocycles. The molecule has 2 atom stereocenters. The fourth-order valence-electron chi connectivity index (χ4n) is 2.43. The van der Waals surface area contributed by atoms with Crippen molar-refractivity contribution in [3.8, 4) is 11.5 Å². The van der Waals surface area contributed by atoms with Gasteiger partial charge in [-0.15, -0.1) is 12.6 Å². The first-order valence-corrected chi connectivity index (χ1v) is 11.4. The lowest BCUT2D eigenvalue weighted by molar-refractivity contribution is -0.142. The lowest BCUT2D eigenvalue weighted by Gasteiger charge is -2.21. The number of carbonyl (C=O) groups excluding carboxylic acids is 4. The summed E-state index contributed by atoms with van der Waals surface area (Å²) in [7, 11) is 4.23. The maximum Gasteiger partial charge on any atom is 0.383 e. The number of benzene rings is 1. The second kappa shape index (κ2) is 13.5. The van der Waals surface area contributed by atoms with Crippen molar-refractivity contribution in [2.45, 2.75) is 44.2 Å². The molecular formula is C21H31N3O8S2. The molecule has 0 bridgehead atoms. The summed E-state index contributed by atoms with van der Waals surface area (Å²) >= 11 is 4.78. The van der Waals surface area contributed by atoms with Gasteiger partial charge in [0.2, 0.25) is 0 Å². The molecule has 0 fully saturated rings. The van der Waals surface area contributed by atoms with E-state index in [1.165, 1.54) is 31.6 Å². The number of nitrogens with one attached hydrogen (secondary N) is 1. The van der Waals surface area contributed by atoms with Crippen molar-refractivity contribution >= 4 is 47.8 Å². The molecule has 1 rings (SSSR count). The van der Waals surface area contributed by atoms with Gasteiger partial charge in [-0.05, 0) is 40.9 Å². The zero-order valence-corrected chi connectivity index (χ0v) is 21.7. The first kappa shape index (κ1) is 29.7. The maximum absolute atomic E-state index is 12.5. The minimum absolute atomic E-state index is 0.0497. The number of likely N-dealkylation sites (N-methyl/N-ethyl adjacent to an activating group) is 2. The Labute approximate surface area is 208 Å². The predicted octanol–water partition coefficient (Wildman–Crippen LogP) is 1.53. The highest BCUT2D eigenvalue weighted by atomic mass is 32.2. The number of hydrogen-bond donors (Lipinski definition) is 3. The van der Waals surface area contributed by atoms with Crippen LogP contribution in [0.25, 0.3) is 0 Å². The fourth-order valence-corrected chi connectivity index (χ4v) is 3.19. The van der Waals surface area contributed by atoms with Gasteiger partial charge < -0.3 is 24.7 Å². The number of thiol groups is 1. The van der Waals surface area contributed by atoms with Crippen LogP contribution in [0.2, 0.25) is 0 Å². The molecule has 0 amide bonds. The van der Waals surface area contributed by atoms with Crippen LogP contribution in [-0.4, -0.2) is 72.3 Å². The van der Waals surface area contributed by atoms with E-state index in [0.717, 1.165) is 0 Å². The highest BCUT2D eigenvalue weighted by Crippen LogP contribution is 2.33. The minimum atomic E-state index is -1.04. The van der Waals surface area contributed by atoms with E-state index in [4.69, 9.17) is 19.9 Å². The summed E-state index contributed by atoms with van der Waals surface area (Å²) in [6, 6.07) is 3.50. The van der Waals surface area contributed by atoms with Crippen LogP contribution in [0.5, 0.6) is 11.5 Å². The summed E-state index contributed by atoms with van der Waals surface area (Å²) in [5.41, 5.74) is 5.51. The number of nitrogens with zero attached hydrogens (tertiary/aromatic N) is 1. The number of methoxy groups -OCH3 is 1. The van der Waals surface area contributed by atoms with Crippen molar-refractivity contribution in [2.24, 2.45) is 5.73 Å². The van der Waals surface area contributed by atoms with Gasteiger partial charge >= 0.3 is 23.2 Å². The quantitative estimate of drug-likeness (QED) is 0.136. The van der Waals surface area contributed by atoms with Crippen molar-refractivity contribution in [1.29, 1.82) is 0 Å². The number of ether oxygens (including phenoxy) is 4. The summed E-state index contributed by atoms with van der Waals surface area (Å²) in [5, 5.41) is 1.09. The van der Waals surface area contributed by atoms with Crippen molar-refractivity contribution in [3.63, 3.8) is 0 Å². The lowest BCUT2D eigenvalue weighted by Crippen LogP contribution is -2.35. The Bertz CT molecular complexity index is 891. The van der Waals surface area contributed by atoms with Gasteiger partial charge in [-0.3, -0.25) is 14.9 Å². The van der Waals surface area contributed by atoms with Gasteiger partial charge in [0.1, 0.15) is 23.6 Å². The molecule has 0 heterocycles. The molecule has 34 heavy (non-hydrogen) atoms. The van der Waals surface area contributed by atoms with E-state index in [2.05, 4.69) is 22.7 Å². The topological polar surface area (TPSA) is 146 Å². The molecule has 1 aromatic carbocycles. The molecule has 0 saturated heterocycles. The second-order valence-corrected chi connectivity index (χ2v) is 9.66. The van der Waals surface area contributed by atoms with Gasteiger partial charge in [-0.25, -0.2) is 13.9 Å². The Morgan fingerprint density at radius 3 is 2.38 bits per heavy atom. The molecule has 0 aliphatic carbocycles. The standard InChI is InChI=1S/C21H31N3O8S2/c1-21(2,3)32-20(28)34-24(5)11-15(25)30-14-9-7-8-12(10-13(22)18(26)29-6)16(14)31-19(27)17(33)23-4/h7-9,13,17,23,33H,10-11,22H2,1-6H3. The number of esters is 3. The molecule has 0 spiro atoms. The Morgan fingerprint density at radius 2 is 1.82 bits per heavy atom. The Morgan fingerprint density at radius 1 is 1.18 bits per heavy atom. The van der Waals surface area contributed by atoms with E-state index in [1.807, 2.05) is 0 Å². The van der Waals surface area contributed by atoms with E-state index < -0.39 is 40.2 Å². The van der Waals surface area contributed by atoms with Crippen LogP contribution in [0.1, 0.15) is 26.3 Å². The summed E-state index contributed by atoms with van der Waals surface area (Å²) in [5.74, 6) is -2.32. The van der Waals surface area contributed by atoms with Crippen LogP contribution in [0.4, 0.5) is 4.79 Å². The van der Waals surface area contributed by atoms with Crippen molar-refractivity contribution in [1.82, 2.24) is 9.62 Å². The smallest absolute Gasteiger partial charge is 0.383 e. The number of carbonyl (C=O) groups is 4. The zero-order valence-electron chi connectivity index (χ0n) is 19.9. The molecule has 0 aromatic heterocycles. The monoisotopic (exact) mass is 517 g/mol. The normalized spacial score (nSPS) is 13.1. The summed E-state index contributed by atoms with van der Waals surface area (Å²) in [6.45, 7) is 4.90. The molecule has 0 saturated carbocycles. The second-order valence-electron chi connectivity index (χ2n) is 8.01. The molecule has 11 nitrogen and oxygen atoms in total. The van der Waals surface area contributed by atoms with Gasteiger partial charge in [0, 0.05) is 23.9 Å². The number of nitrogens with two attached hydrogens (primary N) is 1. The Hall–Kier alpha value is -2.32. The average molecular weight is 518 g/mol. The van der Waals surface area contributed by atoms with Gasteiger partial charge in [-0.1, -0.05) is 12.1 Å². The first-order valence-electron chi connectivity index (χ1n) is 10.1.